The van der Waals surface area contributed by atoms with Gasteiger partial charge in [0, 0.05) is 5.56 Å². The summed E-state index contributed by atoms with van der Waals surface area (Å²) in [5.74, 6) is -1.83. The van der Waals surface area contributed by atoms with Crippen molar-refractivity contribution in [2.45, 2.75) is 25.3 Å². The molecule has 0 heterocycles. The second kappa shape index (κ2) is 5.25. The van der Waals surface area contributed by atoms with E-state index < -0.39 is 29.0 Å². The number of benzene rings is 1. The van der Waals surface area contributed by atoms with E-state index in [1.165, 1.54) is 19.9 Å². The van der Waals surface area contributed by atoms with Crippen LogP contribution in [0.5, 0.6) is 0 Å². The lowest BCUT2D eigenvalue weighted by atomic mass is 10.1. The summed E-state index contributed by atoms with van der Waals surface area (Å²) in [5.41, 5.74) is -0.159. The van der Waals surface area contributed by atoms with Crippen molar-refractivity contribution in [1.82, 2.24) is 5.32 Å². The van der Waals surface area contributed by atoms with Crippen molar-refractivity contribution in [2.24, 2.45) is 0 Å². The molecule has 0 radical (unpaired) electrons. The highest BCUT2D eigenvalue weighted by Gasteiger charge is 2.19. The van der Waals surface area contributed by atoms with Crippen LogP contribution in [0, 0.1) is 11.6 Å². The zero-order valence-corrected chi connectivity index (χ0v) is 9.68. The molecule has 1 N–H and O–H groups in total. The minimum atomic E-state index is -0.755. The van der Waals surface area contributed by atoms with Gasteiger partial charge in [-0.05, 0) is 26.0 Å². The summed E-state index contributed by atoms with van der Waals surface area (Å²) in [4.78, 5) is 11.3. The summed E-state index contributed by atoms with van der Waals surface area (Å²) in [6.07, 6.45) is 0. The quantitative estimate of drug-likeness (QED) is 0.818. The number of amides is 1. The molecule has 88 valence electrons. The molecule has 1 aromatic rings. The van der Waals surface area contributed by atoms with Crippen LogP contribution in [0.4, 0.5) is 8.78 Å². The van der Waals surface area contributed by atoms with Gasteiger partial charge in [0.15, 0.2) is 0 Å². The van der Waals surface area contributed by atoms with Crippen molar-refractivity contribution < 1.29 is 13.6 Å². The predicted molar refractivity (Wildman–Crippen MR) is 58.2 cm³/mol. The third-order valence-corrected chi connectivity index (χ3v) is 2.35. The van der Waals surface area contributed by atoms with Gasteiger partial charge in [0.05, 0.1) is 6.04 Å². The van der Waals surface area contributed by atoms with Gasteiger partial charge in [0.1, 0.15) is 17.0 Å². The molecule has 2 atom stereocenters. The van der Waals surface area contributed by atoms with Crippen LogP contribution in [0.15, 0.2) is 18.2 Å². The fourth-order valence-corrected chi connectivity index (χ4v) is 1.39. The molecule has 0 aliphatic heterocycles. The highest BCUT2D eigenvalue weighted by Crippen LogP contribution is 2.20. The van der Waals surface area contributed by atoms with Crippen molar-refractivity contribution >= 4 is 17.5 Å². The average Bonchev–Trinajstić information content (AvgIpc) is 2.16. The number of hydrogen-bond acceptors (Lipinski definition) is 1. The summed E-state index contributed by atoms with van der Waals surface area (Å²) < 4.78 is 26.7. The van der Waals surface area contributed by atoms with Crippen molar-refractivity contribution in [3.63, 3.8) is 0 Å². The molecule has 16 heavy (non-hydrogen) atoms. The molecule has 0 saturated heterocycles. The number of rotatable bonds is 3. The van der Waals surface area contributed by atoms with Crippen LogP contribution in [0.1, 0.15) is 25.5 Å². The minimum absolute atomic E-state index is 0.159. The first kappa shape index (κ1) is 12.9. The maximum Gasteiger partial charge on any atom is 0.238 e. The third-order valence-electron chi connectivity index (χ3n) is 2.15. The molecule has 2 unspecified atom stereocenters. The summed E-state index contributed by atoms with van der Waals surface area (Å²) in [7, 11) is 0. The third kappa shape index (κ3) is 2.92. The topological polar surface area (TPSA) is 29.1 Å². The lowest BCUT2D eigenvalue weighted by Gasteiger charge is -2.16. The molecule has 0 aromatic heterocycles. The Labute approximate surface area is 97.6 Å². The summed E-state index contributed by atoms with van der Waals surface area (Å²) >= 11 is 5.54. The number of carbonyl (C=O) groups is 1. The van der Waals surface area contributed by atoms with Gasteiger partial charge in [-0.15, -0.1) is 11.6 Å². The van der Waals surface area contributed by atoms with E-state index >= 15 is 0 Å². The number of nitrogens with one attached hydrogen (secondary N) is 1. The average molecular weight is 248 g/mol. The lowest BCUT2D eigenvalue weighted by molar-refractivity contribution is -0.121. The second-order valence-electron chi connectivity index (χ2n) is 3.48. The summed E-state index contributed by atoms with van der Waals surface area (Å²) in [5, 5.41) is 1.69. The van der Waals surface area contributed by atoms with E-state index in [-0.39, 0.29) is 5.56 Å². The van der Waals surface area contributed by atoms with Gasteiger partial charge in [0.2, 0.25) is 5.91 Å². The molecule has 1 rings (SSSR count). The molecule has 2 nitrogen and oxygen atoms in total. The Morgan fingerprint density at radius 1 is 1.31 bits per heavy atom. The van der Waals surface area contributed by atoms with E-state index in [9.17, 15) is 13.6 Å². The zero-order valence-electron chi connectivity index (χ0n) is 8.93. The maximum absolute atomic E-state index is 13.3. The number of halogens is 3. The Morgan fingerprint density at radius 2 is 1.81 bits per heavy atom. The fraction of sp³-hybridized carbons (Fsp3) is 0.364. The fourth-order valence-electron chi connectivity index (χ4n) is 1.32. The lowest BCUT2D eigenvalue weighted by Crippen LogP contribution is -2.32. The first-order valence-corrected chi connectivity index (χ1v) is 5.25. The molecule has 0 aliphatic carbocycles. The molecular weight excluding hydrogens is 236 g/mol. The van der Waals surface area contributed by atoms with E-state index in [1.807, 2.05) is 0 Å². The van der Waals surface area contributed by atoms with E-state index in [0.29, 0.717) is 0 Å². The number of hydrogen-bond donors (Lipinski definition) is 1. The molecule has 0 spiro atoms. The monoisotopic (exact) mass is 247 g/mol. The predicted octanol–water partition coefficient (Wildman–Crippen LogP) is 2.77. The summed E-state index contributed by atoms with van der Waals surface area (Å²) in [6.45, 7) is 2.99. The molecule has 0 saturated carbocycles. The van der Waals surface area contributed by atoms with Crippen LogP contribution in [-0.2, 0) is 4.79 Å². The molecule has 1 amide bonds. The van der Waals surface area contributed by atoms with Gasteiger partial charge in [-0.25, -0.2) is 8.78 Å². The molecule has 0 bridgehead atoms. The molecule has 0 aliphatic rings. The smallest absolute Gasteiger partial charge is 0.238 e. The molecule has 0 fully saturated rings. The van der Waals surface area contributed by atoms with Gasteiger partial charge in [-0.3, -0.25) is 4.79 Å². The first-order valence-electron chi connectivity index (χ1n) is 4.82. The first-order chi connectivity index (χ1) is 7.43. The normalized spacial score (nSPS) is 14.3. The maximum atomic E-state index is 13.3. The molecular formula is C11H12ClF2NO. The molecule has 5 heteroatoms. The van der Waals surface area contributed by atoms with Crippen LogP contribution >= 0.6 is 11.6 Å². The van der Waals surface area contributed by atoms with Gasteiger partial charge in [-0.1, -0.05) is 6.07 Å². The van der Waals surface area contributed by atoms with Gasteiger partial charge in [-0.2, -0.15) is 0 Å². The van der Waals surface area contributed by atoms with E-state index in [2.05, 4.69) is 5.32 Å². The second-order valence-corrected chi connectivity index (χ2v) is 4.14. The van der Waals surface area contributed by atoms with Gasteiger partial charge >= 0.3 is 0 Å². The Balaban J connectivity index is 2.88. The van der Waals surface area contributed by atoms with Crippen LogP contribution in [0.25, 0.3) is 0 Å². The van der Waals surface area contributed by atoms with Crippen molar-refractivity contribution in [2.75, 3.05) is 0 Å². The number of alkyl halides is 1. The Morgan fingerprint density at radius 3 is 2.25 bits per heavy atom. The standard InChI is InChI=1S/C11H12ClF2NO/c1-6(12)11(16)15-7(2)10-8(13)4-3-5-9(10)14/h3-7H,1-2H3,(H,15,16). The van der Waals surface area contributed by atoms with E-state index in [4.69, 9.17) is 11.6 Å². The van der Waals surface area contributed by atoms with Gasteiger partial charge in [0.25, 0.3) is 0 Å². The number of carbonyl (C=O) groups excluding carboxylic acids is 1. The van der Waals surface area contributed by atoms with E-state index in [0.717, 1.165) is 12.1 Å². The van der Waals surface area contributed by atoms with Crippen molar-refractivity contribution in [3.05, 3.63) is 35.4 Å². The van der Waals surface area contributed by atoms with Crippen LogP contribution in [-0.4, -0.2) is 11.3 Å². The zero-order chi connectivity index (χ0) is 12.3. The highest BCUT2D eigenvalue weighted by atomic mass is 35.5. The Bertz CT molecular complexity index is 375. The SMILES string of the molecule is CC(Cl)C(=O)NC(C)c1c(F)cccc1F. The van der Waals surface area contributed by atoms with Crippen LogP contribution in [0.2, 0.25) is 0 Å². The molecule has 1 aromatic carbocycles. The Hall–Kier alpha value is -1.16. The largest absolute Gasteiger partial charge is 0.348 e. The van der Waals surface area contributed by atoms with Crippen molar-refractivity contribution in [1.29, 1.82) is 0 Å². The van der Waals surface area contributed by atoms with Crippen molar-refractivity contribution in [3.8, 4) is 0 Å². The van der Waals surface area contributed by atoms with E-state index in [1.54, 1.807) is 0 Å². The Kier molecular flexibility index (Phi) is 4.24. The van der Waals surface area contributed by atoms with Gasteiger partial charge < -0.3 is 5.32 Å². The highest BCUT2D eigenvalue weighted by molar-refractivity contribution is 6.30. The van der Waals surface area contributed by atoms with Crippen LogP contribution in [0.3, 0.4) is 0 Å². The van der Waals surface area contributed by atoms with Crippen LogP contribution < -0.4 is 5.32 Å². The summed E-state index contributed by atoms with van der Waals surface area (Å²) in [6, 6.07) is 2.80. The minimum Gasteiger partial charge on any atom is -0.348 e.